The number of esters is 1. The summed E-state index contributed by atoms with van der Waals surface area (Å²) >= 11 is 0. The van der Waals surface area contributed by atoms with Gasteiger partial charge in [-0.1, -0.05) is 6.07 Å². The van der Waals surface area contributed by atoms with Gasteiger partial charge < -0.3 is 20.1 Å². The van der Waals surface area contributed by atoms with Crippen LogP contribution < -0.4 is 5.32 Å². The van der Waals surface area contributed by atoms with Crippen molar-refractivity contribution in [1.29, 1.82) is 0 Å². The Kier molecular flexibility index (Phi) is 6.08. The molecule has 1 amide bonds. The van der Waals surface area contributed by atoms with Gasteiger partial charge in [0.25, 0.3) is 5.91 Å². The van der Waals surface area contributed by atoms with Crippen molar-refractivity contribution in [1.82, 2.24) is 30.0 Å². The molecule has 34 heavy (non-hydrogen) atoms. The van der Waals surface area contributed by atoms with E-state index >= 15 is 0 Å². The van der Waals surface area contributed by atoms with Crippen LogP contribution in [0, 0.1) is 6.92 Å². The van der Waals surface area contributed by atoms with Crippen molar-refractivity contribution < 1.29 is 19.4 Å². The Morgan fingerprint density at radius 3 is 2.79 bits per heavy atom. The minimum Gasteiger partial charge on any atom is -0.457 e. The van der Waals surface area contributed by atoms with Crippen LogP contribution in [-0.4, -0.2) is 67.3 Å². The first-order valence-electron chi connectivity index (χ1n) is 11.3. The number of fused-ring (bicyclic) bond motifs is 1. The summed E-state index contributed by atoms with van der Waals surface area (Å²) in [6, 6.07) is 7.07. The Morgan fingerprint density at radius 1 is 1.26 bits per heavy atom. The first kappa shape index (κ1) is 22.2. The van der Waals surface area contributed by atoms with Gasteiger partial charge in [0.1, 0.15) is 25.0 Å². The van der Waals surface area contributed by atoms with Crippen molar-refractivity contribution in [2.75, 3.05) is 19.6 Å². The molecule has 0 bridgehead atoms. The highest BCUT2D eigenvalue weighted by Gasteiger charge is 2.27. The number of carbonyl (C=O) groups is 2. The van der Waals surface area contributed by atoms with E-state index in [9.17, 15) is 14.7 Å². The molecule has 10 nitrogen and oxygen atoms in total. The van der Waals surface area contributed by atoms with E-state index < -0.39 is 6.10 Å². The third kappa shape index (κ3) is 4.42. The van der Waals surface area contributed by atoms with Gasteiger partial charge in [0.2, 0.25) is 0 Å². The number of carbonyl (C=O) groups excluding carboxylic acids is 2. The number of likely N-dealkylation sites (tertiary alicyclic amines) is 1. The van der Waals surface area contributed by atoms with E-state index in [0.717, 1.165) is 48.3 Å². The molecular weight excluding hydrogens is 436 g/mol. The summed E-state index contributed by atoms with van der Waals surface area (Å²) in [6.07, 6.45) is 5.54. The summed E-state index contributed by atoms with van der Waals surface area (Å²) in [5.74, 6) is -0.501. The Labute approximate surface area is 196 Å². The highest BCUT2D eigenvalue weighted by Crippen LogP contribution is 2.29. The number of hydrogen-bond acceptors (Lipinski definition) is 8. The Balaban J connectivity index is 1.13. The summed E-state index contributed by atoms with van der Waals surface area (Å²) in [6.45, 7) is 4.23. The van der Waals surface area contributed by atoms with Gasteiger partial charge >= 0.3 is 5.97 Å². The van der Waals surface area contributed by atoms with Crippen LogP contribution in [0.3, 0.4) is 0 Å². The van der Waals surface area contributed by atoms with Gasteiger partial charge in [0.15, 0.2) is 0 Å². The smallest absolute Gasteiger partial charge is 0.338 e. The lowest BCUT2D eigenvalue weighted by atomic mass is 9.94. The van der Waals surface area contributed by atoms with Crippen LogP contribution in [0.2, 0.25) is 0 Å². The maximum absolute atomic E-state index is 12.6. The fourth-order valence-electron chi connectivity index (χ4n) is 4.59. The normalized spacial score (nSPS) is 17.3. The molecule has 0 aliphatic carbocycles. The highest BCUT2D eigenvalue weighted by atomic mass is 16.5. The lowest BCUT2D eigenvalue weighted by molar-refractivity contribution is 0.0534. The average molecular weight is 463 g/mol. The standard InChI is InChI=1S/C24H26N6O4/c1-15-18(3-4-19-20(15)12-34-24(19)33)22(31)11-29-8-6-16(7-9-29)28-23(32)21-5-2-17(10-26-21)30-14-25-13-27-30/h2-5,10,13-14,16,22,31H,6-9,11-12H2,1H3,(H,28,32)/t22-/m0/s1. The zero-order chi connectivity index (χ0) is 23.7. The number of ether oxygens (including phenoxy) is 1. The number of β-amino-alcohol motifs (C(OH)–C–C–N with tert-alkyl or cyclic N) is 1. The largest absolute Gasteiger partial charge is 0.457 e. The van der Waals surface area contributed by atoms with E-state index in [-0.39, 0.29) is 24.5 Å². The van der Waals surface area contributed by atoms with Crippen molar-refractivity contribution >= 4 is 11.9 Å². The molecule has 10 heteroatoms. The van der Waals surface area contributed by atoms with Crippen LogP contribution in [-0.2, 0) is 11.3 Å². The molecule has 0 unspecified atom stereocenters. The van der Waals surface area contributed by atoms with Crippen LogP contribution in [0.5, 0.6) is 0 Å². The monoisotopic (exact) mass is 462 g/mol. The molecule has 0 spiro atoms. The maximum atomic E-state index is 12.6. The van der Waals surface area contributed by atoms with Crippen molar-refractivity contribution in [3.63, 3.8) is 0 Å². The van der Waals surface area contributed by atoms with E-state index in [0.29, 0.717) is 17.8 Å². The molecule has 0 saturated carbocycles. The predicted molar refractivity (Wildman–Crippen MR) is 121 cm³/mol. The summed E-state index contributed by atoms with van der Waals surface area (Å²) in [5, 5.41) is 18.0. The number of cyclic esters (lactones) is 1. The molecule has 1 aromatic carbocycles. The van der Waals surface area contributed by atoms with Crippen LogP contribution in [0.4, 0.5) is 0 Å². The zero-order valence-electron chi connectivity index (χ0n) is 18.8. The van der Waals surface area contributed by atoms with Crippen molar-refractivity contribution in [3.8, 4) is 5.69 Å². The second-order valence-corrected chi connectivity index (χ2v) is 8.69. The lowest BCUT2D eigenvalue weighted by Crippen LogP contribution is -2.45. The summed E-state index contributed by atoms with van der Waals surface area (Å²) in [4.78, 5) is 34.7. The Bertz CT molecular complexity index is 1190. The summed E-state index contributed by atoms with van der Waals surface area (Å²) in [7, 11) is 0. The molecular formula is C24H26N6O4. The molecule has 4 heterocycles. The minimum atomic E-state index is -0.653. The number of amides is 1. The SMILES string of the molecule is Cc1c([C@@H](O)CN2CCC(NC(=O)c3ccc(-n4cncn4)cn3)CC2)ccc2c1COC2=O. The van der Waals surface area contributed by atoms with Gasteiger partial charge in [-0.3, -0.25) is 4.79 Å². The number of hydrogen-bond donors (Lipinski definition) is 2. The number of benzene rings is 1. The van der Waals surface area contributed by atoms with Gasteiger partial charge in [-0.15, -0.1) is 0 Å². The second-order valence-electron chi connectivity index (χ2n) is 8.69. The van der Waals surface area contributed by atoms with Crippen LogP contribution >= 0.6 is 0 Å². The summed E-state index contributed by atoms with van der Waals surface area (Å²) < 4.78 is 6.69. The van der Waals surface area contributed by atoms with E-state index in [1.807, 2.05) is 13.0 Å². The molecule has 0 radical (unpaired) electrons. The molecule has 5 rings (SSSR count). The second kappa shape index (κ2) is 9.32. The van der Waals surface area contributed by atoms with Gasteiger partial charge in [-0.2, -0.15) is 5.10 Å². The molecule has 3 aromatic rings. The average Bonchev–Trinajstić information content (AvgIpc) is 3.51. The fraction of sp³-hybridized carbons (Fsp3) is 0.375. The molecule has 176 valence electrons. The number of aromatic nitrogens is 4. The van der Waals surface area contributed by atoms with Gasteiger partial charge in [0, 0.05) is 31.2 Å². The Morgan fingerprint density at radius 2 is 2.09 bits per heavy atom. The molecule has 2 aromatic heterocycles. The molecule has 1 saturated heterocycles. The van der Waals surface area contributed by atoms with E-state index in [1.165, 1.54) is 6.33 Å². The van der Waals surface area contributed by atoms with E-state index in [1.54, 1.807) is 35.4 Å². The van der Waals surface area contributed by atoms with Gasteiger partial charge in [-0.25, -0.2) is 19.4 Å². The highest BCUT2D eigenvalue weighted by molar-refractivity contribution is 5.94. The van der Waals surface area contributed by atoms with Crippen LogP contribution in [0.25, 0.3) is 5.69 Å². The number of piperidine rings is 1. The first-order valence-corrected chi connectivity index (χ1v) is 11.3. The van der Waals surface area contributed by atoms with E-state index in [2.05, 4.69) is 25.3 Å². The molecule has 2 aliphatic heterocycles. The maximum Gasteiger partial charge on any atom is 0.338 e. The number of pyridine rings is 1. The number of aliphatic hydroxyl groups is 1. The topological polar surface area (TPSA) is 122 Å². The van der Waals surface area contributed by atoms with Crippen LogP contribution in [0.15, 0.2) is 43.1 Å². The van der Waals surface area contributed by atoms with Crippen molar-refractivity contribution in [2.45, 2.75) is 38.5 Å². The van der Waals surface area contributed by atoms with Crippen LogP contribution in [0.1, 0.15) is 56.5 Å². The number of rotatable bonds is 6. The third-order valence-electron chi connectivity index (χ3n) is 6.58. The molecule has 2 aliphatic rings. The Hall–Kier alpha value is -3.63. The van der Waals surface area contributed by atoms with Crippen molar-refractivity contribution in [3.05, 3.63) is 71.1 Å². The first-order chi connectivity index (χ1) is 16.5. The quantitative estimate of drug-likeness (QED) is 0.530. The minimum absolute atomic E-state index is 0.0579. The number of nitrogens with one attached hydrogen (secondary N) is 1. The third-order valence-corrected chi connectivity index (χ3v) is 6.58. The number of aliphatic hydroxyl groups excluding tert-OH is 1. The fourth-order valence-corrected chi connectivity index (χ4v) is 4.59. The van der Waals surface area contributed by atoms with Gasteiger partial charge in [0.05, 0.1) is 23.6 Å². The van der Waals surface area contributed by atoms with E-state index in [4.69, 9.17) is 4.74 Å². The van der Waals surface area contributed by atoms with Crippen molar-refractivity contribution in [2.24, 2.45) is 0 Å². The molecule has 1 fully saturated rings. The predicted octanol–water partition coefficient (Wildman–Crippen LogP) is 1.57. The van der Waals surface area contributed by atoms with Gasteiger partial charge in [-0.05, 0) is 49.1 Å². The summed E-state index contributed by atoms with van der Waals surface area (Å²) in [5.41, 5.74) is 4.29. The molecule has 2 N–H and O–H groups in total. The zero-order valence-corrected chi connectivity index (χ0v) is 18.8. The number of nitrogens with zero attached hydrogens (tertiary/aromatic N) is 5. The lowest BCUT2D eigenvalue weighted by Gasteiger charge is -2.33. The molecule has 1 atom stereocenters.